The molecular weight excluding hydrogens is 208 g/mol. The molecular formula is C8H15ClN2O3. The standard InChI is InChI=1S/C8H14N2O3.ClH/c9-6(8(12)13)4-5-2-1-3-10-7(5)11;/h5-6H,1-4,9H2,(H,10,11)(H,12,13);1H/t5-,6-;/m0./s1. The summed E-state index contributed by atoms with van der Waals surface area (Å²) in [6.07, 6.45) is 1.89. The summed E-state index contributed by atoms with van der Waals surface area (Å²) >= 11 is 0. The van der Waals surface area contributed by atoms with Crippen molar-refractivity contribution in [1.29, 1.82) is 0 Å². The minimum Gasteiger partial charge on any atom is -0.480 e. The number of nitrogens with two attached hydrogens (primary N) is 1. The first-order valence-corrected chi connectivity index (χ1v) is 4.37. The highest BCUT2D eigenvalue weighted by Gasteiger charge is 2.26. The smallest absolute Gasteiger partial charge is 0.320 e. The zero-order chi connectivity index (χ0) is 9.84. The van der Waals surface area contributed by atoms with E-state index < -0.39 is 12.0 Å². The summed E-state index contributed by atoms with van der Waals surface area (Å²) in [6, 6.07) is -0.922. The fourth-order valence-corrected chi connectivity index (χ4v) is 1.47. The Hall–Kier alpha value is -0.810. The highest BCUT2D eigenvalue weighted by Crippen LogP contribution is 2.16. The van der Waals surface area contributed by atoms with Crippen LogP contribution in [0.1, 0.15) is 19.3 Å². The molecule has 5 nitrogen and oxygen atoms in total. The third-order valence-electron chi connectivity index (χ3n) is 2.26. The van der Waals surface area contributed by atoms with Crippen LogP contribution in [0.25, 0.3) is 0 Å². The molecule has 4 N–H and O–H groups in total. The van der Waals surface area contributed by atoms with E-state index in [-0.39, 0.29) is 30.7 Å². The molecule has 1 aliphatic heterocycles. The maximum atomic E-state index is 11.2. The molecule has 14 heavy (non-hydrogen) atoms. The Morgan fingerprint density at radius 3 is 2.86 bits per heavy atom. The monoisotopic (exact) mass is 222 g/mol. The van der Waals surface area contributed by atoms with Gasteiger partial charge in [-0.2, -0.15) is 0 Å². The molecule has 0 spiro atoms. The average molecular weight is 223 g/mol. The number of carbonyl (C=O) groups is 2. The first-order chi connectivity index (χ1) is 6.11. The number of carboxylic acid groups (broad SMARTS) is 1. The number of carboxylic acids is 1. The summed E-state index contributed by atoms with van der Waals surface area (Å²) in [5.41, 5.74) is 5.33. The molecule has 0 aliphatic carbocycles. The van der Waals surface area contributed by atoms with Crippen LogP contribution in [0, 0.1) is 5.92 Å². The van der Waals surface area contributed by atoms with Gasteiger partial charge in [-0.3, -0.25) is 9.59 Å². The van der Waals surface area contributed by atoms with Crippen LogP contribution in [-0.4, -0.2) is 29.6 Å². The van der Waals surface area contributed by atoms with Crippen molar-refractivity contribution in [2.75, 3.05) is 6.54 Å². The van der Waals surface area contributed by atoms with Crippen molar-refractivity contribution >= 4 is 24.3 Å². The Morgan fingerprint density at radius 1 is 1.71 bits per heavy atom. The molecule has 0 unspecified atom stereocenters. The predicted molar refractivity (Wildman–Crippen MR) is 53.2 cm³/mol. The zero-order valence-corrected chi connectivity index (χ0v) is 8.55. The molecule has 1 aliphatic rings. The van der Waals surface area contributed by atoms with E-state index >= 15 is 0 Å². The SMILES string of the molecule is Cl.N[C@@H](C[C@@H]1CCCNC1=O)C(=O)O. The maximum Gasteiger partial charge on any atom is 0.320 e. The van der Waals surface area contributed by atoms with E-state index in [0.29, 0.717) is 6.54 Å². The lowest BCUT2D eigenvalue weighted by molar-refractivity contribution is -0.139. The van der Waals surface area contributed by atoms with Gasteiger partial charge in [0.1, 0.15) is 6.04 Å². The first-order valence-electron chi connectivity index (χ1n) is 4.37. The van der Waals surface area contributed by atoms with Crippen LogP contribution in [0.2, 0.25) is 0 Å². The van der Waals surface area contributed by atoms with Crippen molar-refractivity contribution in [3.63, 3.8) is 0 Å². The van der Waals surface area contributed by atoms with Gasteiger partial charge >= 0.3 is 5.97 Å². The Morgan fingerprint density at radius 2 is 2.36 bits per heavy atom. The van der Waals surface area contributed by atoms with Crippen LogP contribution in [0.4, 0.5) is 0 Å². The van der Waals surface area contributed by atoms with Gasteiger partial charge in [-0.05, 0) is 19.3 Å². The Bertz CT molecular complexity index is 223. The molecule has 2 atom stereocenters. The number of nitrogens with one attached hydrogen (secondary N) is 1. The lowest BCUT2D eigenvalue weighted by Gasteiger charge is -2.22. The van der Waals surface area contributed by atoms with Crippen LogP contribution in [0.15, 0.2) is 0 Å². The molecule has 1 amide bonds. The topological polar surface area (TPSA) is 92.4 Å². The largest absolute Gasteiger partial charge is 0.480 e. The zero-order valence-electron chi connectivity index (χ0n) is 7.73. The van der Waals surface area contributed by atoms with Gasteiger partial charge in [0.2, 0.25) is 5.91 Å². The van der Waals surface area contributed by atoms with Crippen LogP contribution in [-0.2, 0) is 9.59 Å². The van der Waals surface area contributed by atoms with Crippen molar-refractivity contribution in [2.45, 2.75) is 25.3 Å². The molecule has 82 valence electrons. The Balaban J connectivity index is 0.00000169. The third kappa shape index (κ3) is 3.51. The first kappa shape index (κ1) is 13.2. The number of aliphatic carboxylic acids is 1. The van der Waals surface area contributed by atoms with Gasteiger partial charge in [0.15, 0.2) is 0 Å². The number of rotatable bonds is 3. The summed E-state index contributed by atoms with van der Waals surface area (Å²) in [7, 11) is 0. The van der Waals surface area contributed by atoms with E-state index in [1.807, 2.05) is 0 Å². The second-order valence-electron chi connectivity index (χ2n) is 3.31. The van der Waals surface area contributed by atoms with Gasteiger partial charge in [0, 0.05) is 12.5 Å². The molecule has 6 heteroatoms. The van der Waals surface area contributed by atoms with Crippen LogP contribution < -0.4 is 11.1 Å². The molecule has 0 radical (unpaired) electrons. The average Bonchev–Trinajstić information content (AvgIpc) is 2.08. The van der Waals surface area contributed by atoms with E-state index in [2.05, 4.69) is 5.32 Å². The number of halogens is 1. The minimum absolute atomic E-state index is 0. The van der Waals surface area contributed by atoms with Gasteiger partial charge < -0.3 is 16.2 Å². The Kier molecular flexibility index (Phi) is 5.49. The quantitative estimate of drug-likeness (QED) is 0.613. The molecule has 0 aromatic heterocycles. The summed E-state index contributed by atoms with van der Waals surface area (Å²) in [5.74, 6) is -1.33. The van der Waals surface area contributed by atoms with Crippen molar-refractivity contribution < 1.29 is 14.7 Å². The lowest BCUT2D eigenvalue weighted by Crippen LogP contribution is -2.41. The molecule has 0 aromatic rings. The Labute approximate surface area is 88.4 Å². The van der Waals surface area contributed by atoms with E-state index in [0.717, 1.165) is 12.8 Å². The van der Waals surface area contributed by atoms with E-state index in [1.54, 1.807) is 0 Å². The van der Waals surface area contributed by atoms with Crippen molar-refractivity contribution in [1.82, 2.24) is 5.32 Å². The number of piperidine rings is 1. The molecule has 0 saturated carbocycles. The van der Waals surface area contributed by atoms with Crippen molar-refractivity contribution in [3.8, 4) is 0 Å². The normalized spacial score (nSPS) is 23.2. The van der Waals surface area contributed by atoms with Crippen molar-refractivity contribution in [3.05, 3.63) is 0 Å². The van der Waals surface area contributed by atoms with Gasteiger partial charge in [0.05, 0.1) is 0 Å². The number of carbonyl (C=O) groups excluding carboxylic acids is 1. The molecule has 1 fully saturated rings. The van der Waals surface area contributed by atoms with Crippen LogP contribution in [0.5, 0.6) is 0 Å². The minimum atomic E-state index is -1.04. The predicted octanol–water partition coefficient (Wildman–Crippen LogP) is -0.264. The second-order valence-corrected chi connectivity index (χ2v) is 3.31. The summed E-state index contributed by atoms with van der Waals surface area (Å²) in [6.45, 7) is 0.692. The molecule has 0 bridgehead atoms. The highest BCUT2D eigenvalue weighted by atomic mass is 35.5. The van der Waals surface area contributed by atoms with Gasteiger partial charge in [-0.1, -0.05) is 0 Å². The highest BCUT2D eigenvalue weighted by molar-refractivity contribution is 5.85. The van der Waals surface area contributed by atoms with Gasteiger partial charge in [-0.15, -0.1) is 12.4 Å². The van der Waals surface area contributed by atoms with E-state index in [9.17, 15) is 9.59 Å². The third-order valence-corrected chi connectivity index (χ3v) is 2.26. The number of amides is 1. The molecule has 1 saturated heterocycles. The lowest BCUT2D eigenvalue weighted by atomic mass is 9.92. The molecule has 1 heterocycles. The van der Waals surface area contributed by atoms with Crippen LogP contribution >= 0.6 is 12.4 Å². The molecule has 1 rings (SSSR count). The van der Waals surface area contributed by atoms with Crippen molar-refractivity contribution in [2.24, 2.45) is 11.7 Å². The maximum absolute atomic E-state index is 11.2. The summed E-state index contributed by atoms with van der Waals surface area (Å²) < 4.78 is 0. The van der Waals surface area contributed by atoms with E-state index in [4.69, 9.17) is 10.8 Å². The van der Waals surface area contributed by atoms with E-state index in [1.165, 1.54) is 0 Å². The van der Waals surface area contributed by atoms with Gasteiger partial charge in [-0.25, -0.2) is 0 Å². The number of hydrogen-bond donors (Lipinski definition) is 3. The fourth-order valence-electron chi connectivity index (χ4n) is 1.47. The molecule has 0 aromatic carbocycles. The van der Waals surface area contributed by atoms with Gasteiger partial charge in [0.25, 0.3) is 0 Å². The summed E-state index contributed by atoms with van der Waals surface area (Å²) in [5, 5.41) is 11.2. The second kappa shape index (κ2) is 5.82. The van der Waals surface area contributed by atoms with Crippen LogP contribution in [0.3, 0.4) is 0 Å². The summed E-state index contributed by atoms with van der Waals surface area (Å²) in [4.78, 5) is 21.6. The number of hydrogen-bond acceptors (Lipinski definition) is 3. The fraction of sp³-hybridized carbons (Fsp3) is 0.750.